The van der Waals surface area contributed by atoms with Gasteiger partial charge in [0.05, 0.1) is 11.3 Å². The van der Waals surface area contributed by atoms with Crippen LogP contribution in [0.4, 0.5) is 14.5 Å². The molecule has 1 aliphatic carbocycles. The van der Waals surface area contributed by atoms with E-state index in [0.717, 1.165) is 108 Å². The van der Waals surface area contributed by atoms with Gasteiger partial charge >= 0.3 is 0 Å². The zero-order valence-electron chi connectivity index (χ0n) is 32.7. The van der Waals surface area contributed by atoms with Gasteiger partial charge in [0.1, 0.15) is 34.3 Å². The first kappa shape index (κ1) is 37.1. The van der Waals surface area contributed by atoms with Gasteiger partial charge in [-0.3, -0.25) is 9.56 Å². The van der Waals surface area contributed by atoms with Crippen LogP contribution < -0.4 is 4.90 Å². The van der Waals surface area contributed by atoms with Crippen LogP contribution in [0.2, 0.25) is 0 Å². The molecule has 2 aromatic heterocycles. The fraction of sp³-hybridized carbons (Fsp3) is 0.444. The molecular formula is C45H50F2N6O2S. The van der Waals surface area contributed by atoms with Crippen LogP contribution in [0.15, 0.2) is 59.6 Å². The molecule has 9 rings (SSSR count). The number of anilines is 1. The number of phenolic OH excluding ortho intramolecular Hbond substituents is 1. The monoisotopic (exact) mass is 776 g/mol. The Morgan fingerprint density at radius 3 is 2.32 bits per heavy atom. The molecule has 2 saturated heterocycles. The highest BCUT2D eigenvalue weighted by molar-refractivity contribution is 7.15. The molecule has 8 nitrogen and oxygen atoms in total. The predicted molar refractivity (Wildman–Crippen MR) is 218 cm³/mol. The van der Waals surface area contributed by atoms with E-state index in [1.54, 1.807) is 35.6 Å². The maximum absolute atomic E-state index is 15.7. The van der Waals surface area contributed by atoms with Crippen LogP contribution in [-0.2, 0) is 6.42 Å². The number of phenols is 1. The first-order valence-electron chi connectivity index (χ1n) is 20.2. The summed E-state index contributed by atoms with van der Waals surface area (Å²) >= 11 is 1.77. The lowest BCUT2D eigenvalue weighted by Crippen LogP contribution is -2.52. The zero-order chi connectivity index (χ0) is 38.9. The summed E-state index contributed by atoms with van der Waals surface area (Å²) in [6, 6.07) is 16.9. The van der Waals surface area contributed by atoms with Crippen molar-refractivity contribution in [1.29, 1.82) is 0 Å². The maximum atomic E-state index is 15.7. The molecule has 0 bridgehead atoms. The molecule has 2 atom stereocenters. The van der Waals surface area contributed by atoms with Gasteiger partial charge < -0.3 is 20.0 Å². The molecule has 0 spiro atoms. The lowest BCUT2D eigenvalue weighted by Gasteiger charge is -2.43. The third-order valence-electron chi connectivity index (χ3n) is 13.0. The number of β-amino-alcohol motifs (C(OH)–C–C–N with tert-alkyl or cyclic N) is 1. The number of thiophene rings is 1. The van der Waals surface area contributed by atoms with Crippen molar-refractivity contribution in [1.82, 2.24) is 19.7 Å². The van der Waals surface area contributed by atoms with Gasteiger partial charge in [-0.05, 0) is 150 Å². The van der Waals surface area contributed by atoms with E-state index in [1.165, 1.54) is 10.4 Å². The number of piperidine rings is 2. The molecule has 56 heavy (non-hydrogen) atoms. The largest absolute Gasteiger partial charge is 0.508 e. The van der Waals surface area contributed by atoms with E-state index in [0.29, 0.717) is 25.8 Å². The number of fused-ring (bicyclic) bond motifs is 4. The molecule has 3 aliphatic heterocycles. The summed E-state index contributed by atoms with van der Waals surface area (Å²) in [5.74, 6) is 0.716. The molecule has 0 saturated carbocycles. The van der Waals surface area contributed by atoms with Gasteiger partial charge in [-0.2, -0.15) is 0 Å². The Hall–Kier alpha value is -4.45. The maximum Gasteiger partial charge on any atom is 0.162 e. The lowest BCUT2D eigenvalue weighted by atomic mass is 9.77. The van der Waals surface area contributed by atoms with Gasteiger partial charge in [-0.25, -0.2) is 8.78 Å². The highest BCUT2D eigenvalue weighted by Crippen LogP contribution is 2.42. The number of rotatable bonds is 6. The first-order valence-corrected chi connectivity index (χ1v) is 21.0. The Morgan fingerprint density at radius 2 is 1.61 bits per heavy atom. The molecule has 0 radical (unpaired) electrons. The Morgan fingerprint density at radius 1 is 0.893 bits per heavy atom. The summed E-state index contributed by atoms with van der Waals surface area (Å²) in [6.07, 6.45) is 5.28. The minimum absolute atomic E-state index is 0.0784. The molecule has 0 amide bonds. The summed E-state index contributed by atoms with van der Waals surface area (Å²) < 4.78 is 33.6. The van der Waals surface area contributed by atoms with Gasteiger partial charge in [-0.1, -0.05) is 18.2 Å². The van der Waals surface area contributed by atoms with Crippen LogP contribution in [-0.4, -0.2) is 73.9 Å². The van der Waals surface area contributed by atoms with Crippen molar-refractivity contribution >= 4 is 22.7 Å². The minimum atomic E-state index is -0.774. The van der Waals surface area contributed by atoms with E-state index in [2.05, 4.69) is 69.6 Å². The van der Waals surface area contributed by atoms with Crippen molar-refractivity contribution < 1.29 is 19.0 Å². The Bertz CT molecular complexity index is 2290. The van der Waals surface area contributed by atoms with Crippen molar-refractivity contribution in [3.63, 3.8) is 0 Å². The Balaban J connectivity index is 0.818. The second kappa shape index (κ2) is 14.5. The molecule has 5 heterocycles. The van der Waals surface area contributed by atoms with E-state index < -0.39 is 17.2 Å². The lowest BCUT2D eigenvalue weighted by molar-refractivity contribution is -0.0213. The topological polar surface area (TPSA) is 90.0 Å². The number of aromatic nitrogens is 3. The fourth-order valence-electron chi connectivity index (χ4n) is 9.76. The number of benzene rings is 3. The molecule has 2 fully saturated rings. The van der Waals surface area contributed by atoms with Crippen LogP contribution in [0.25, 0.3) is 5.00 Å². The number of likely N-dealkylation sites (tertiary alicyclic amines) is 1. The van der Waals surface area contributed by atoms with Gasteiger partial charge in [0.2, 0.25) is 0 Å². The highest BCUT2D eigenvalue weighted by atomic mass is 32.1. The molecule has 2 N–H and O–H groups in total. The van der Waals surface area contributed by atoms with Gasteiger partial charge in [-0.15, -0.1) is 21.5 Å². The normalized spacial score (nSPS) is 21.3. The average molecular weight is 777 g/mol. The van der Waals surface area contributed by atoms with Crippen molar-refractivity contribution in [2.75, 3.05) is 37.6 Å². The molecule has 11 heteroatoms. The Labute approximate surface area is 331 Å². The zero-order valence-corrected chi connectivity index (χ0v) is 33.5. The van der Waals surface area contributed by atoms with Gasteiger partial charge in [0.25, 0.3) is 0 Å². The molecule has 5 aromatic rings. The standard InChI is InChI=1S/C45H50F2N6O2S/c1-26-28(3)56-44-40(26)42(48-27(2)43-50-49-29(4)53(43)44)31-8-10-34(11-9-31)52-20-16-45(55,17-21-52)25-51-18-14-30(15-19-51)33-23-38(46)41(39(47)24-33)37-7-5-6-32-22-35(54)12-13-36(32)37/h8-13,22-24,27,30,37,54-55H,5-7,14-21,25H2,1-4H3/t27-,37+/m0/s1. The van der Waals surface area contributed by atoms with Crippen LogP contribution in [0.5, 0.6) is 5.75 Å². The van der Waals surface area contributed by atoms with E-state index in [4.69, 9.17) is 4.99 Å². The van der Waals surface area contributed by atoms with Crippen molar-refractivity contribution in [2.24, 2.45) is 4.99 Å². The summed E-state index contributed by atoms with van der Waals surface area (Å²) in [4.78, 5) is 11.2. The van der Waals surface area contributed by atoms with Gasteiger partial charge in [0, 0.05) is 52.8 Å². The van der Waals surface area contributed by atoms with E-state index in [9.17, 15) is 10.2 Å². The summed E-state index contributed by atoms with van der Waals surface area (Å²) in [6.45, 7) is 12.1. The summed E-state index contributed by atoms with van der Waals surface area (Å²) in [7, 11) is 0. The number of aliphatic imine (C=N–C) groups is 1. The summed E-state index contributed by atoms with van der Waals surface area (Å²) in [5.41, 5.74) is 7.59. The smallest absolute Gasteiger partial charge is 0.162 e. The summed E-state index contributed by atoms with van der Waals surface area (Å²) in [5, 5.41) is 31.7. The van der Waals surface area contributed by atoms with Crippen LogP contribution >= 0.6 is 11.3 Å². The fourth-order valence-corrected chi connectivity index (χ4v) is 11.0. The van der Waals surface area contributed by atoms with E-state index >= 15 is 8.78 Å². The van der Waals surface area contributed by atoms with Crippen molar-refractivity contribution in [3.05, 3.63) is 122 Å². The average Bonchev–Trinajstić information content (AvgIpc) is 3.67. The van der Waals surface area contributed by atoms with E-state index in [-0.39, 0.29) is 29.2 Å². The molecule has 3 aromatic carbocycles. The van der Waals surface area contributed by atoms with E-state index in [1.807, 2.05) is 13.0 Å². The van der Waals surface area contributed by atoms with Crippen molar-refractivity contribution in [3.8, 4) is 10.8 Å². The second-order valence-electron chi connectivity index (χ2n) is 16.6. The number of aryl methyl sites for hydroxylation is 3. The number of halogens is 2. The quantitative estimate of drug-likeness (QED) is 0.179. The van der Waals surface area contributed by atoms with Crippen LogP contribution in [0.1, 0.15) is 119 Å². The third kappa shape index (κ3) is 6.65. The van der Waals surface area contributed by atoms with Crippen LogP contribution in [0.3, 0.4) is 0 Å². The third-order valence-corrected chi connectivity index (χ3v) is 14.2. The highest BCUT2D eigenvalue weighted by Gasteiger charge is 2.36. The first-order chi connectivity index (χ1) is 27.0. The number of aliphatic hydroxyl groups is 1. The number of hydrogen-bond donors (Lipinski definition) is 2. The van der Waals surface area contributed by atoms with Crippen LogP contribution in [0, 0.1) is 32.4 Å². The predicted octanol–water partition coefficient (Wildman–Crippen LogP) is 8.83. The molecule has 0 unspecified atom stereocenters. The number of hydrogen-bond acceptors (Lipinski definition) is 8. The number of aromatic hydroxyl groups is 1. The minimum Gasteiger partial charge on any atom is -0.508 e. The molecule has 4 aliphatic rings. The molecular weight excluding hydrogens is 727 g/mol. The number of nitrogens with zero attached hydrogens (tertiary/aromatic N) is 6. The Kier molecular flexibility index (Phi) is 9.61. The second-order valence-corrected chi connectivity index (χ2v) is 17.8. The van der Waals surface area contributed by atoms with Crippen molar-refractivity contribution in [2.45, 2.75) is 96.1 Å². The SMILES string of the molecule is Cc1sc2c(c1C)C(c1ccc(N3CCC(O)(CN4CCC(c5cc(F)c([C@@H]6CCCc7cc(O)ccc76)c(F)c5)CC4)CC3)cc1)=N[C@@H](C)c1nnc(C)n1-2. The molecule has 292 valence electrons. The van der Waals surface area contributed by atoms with Gasteiger partial charge in [0.15, 0.2) is 5.82 Å².